The van der Waals surface area contributed by atoms with Crippen LogP contribution in [0.1, 0.15) is 16.1 Å². The Morgan fingerprint density at radius 2 is 2.24 bits per heavy atom. The van der Waals surface area contributed by atoms with Crippen LogP contribution in [0.2, 0.25) is 0 Å². The number of carbonyl (C=O) groups is 1. The number of methoxy groups -OCH3 is 1. The van der Waals surface area contributed by atoms with Crippen LogP contribution in [-0.2, 0) is 0 Å². The van der Waals surface area contributed by atoms with Gasteiger partial charge in [-0.25, -0.2) is 9.97 Å². The highest BCUT2D eigenvalue weighted by atomic mass is 16.5. The van der Waals surface area contributed by atoms with E-state index < -0.39 is 0 Å². The molecule has 6 nitrogen and oxygen atoms in total. The molecule has 0 saturated heterocycles. The normalized spacial score (nSPS) is 9.43. The molecule has 2 rings (SSSR count). The third kappa shape index (κ3) is 3.78. The second-order valence-electron chi connectivity index (χ2n) is 3.93. The van der Waals surface area contributed by atoms with E-state index in [1.807, 2.05) is 0 Å². The fraction of sp³-hybridized carbons (Fsp3) is 0.133. The second kappa shape index (κ2) is 7.03. The third-order valence-corrected chi connectivity index (χ3v) is 2.52. The second-order valence-corrected chi connectivity index (χ2v) is 3.93. The van der Waals surface area contributed by atoms with Gasteiger partial charge in [-0.15, -0.1) is 0 Å². The summed E-state index contributed by atoms with van der Waals surface area (Å²) in [5.74, 6) is 5.82. The minimum absolute atomic E-state index is 0.255. The zero-order valence-electron chi connectivity index (χ0n) is 11.5. The van der Waals surface area contributed by atoms with Gasteiger partial charge in [0.25, 0.3) is 5.91 Å². The molecule has 1 amide bonds. The van der Waals surface area contributed by atoms with Crippen LogP contribution in [0, 0.1) is 11.8 Å². The van der Waals surface area contributed by atoms with E-state index in [4.69, 9.17) is 10.5 Å². The van der Waals surface area contributed by atoms with Gasteiger partial charge in [-0.05, 0) is 30.2 Å². The number of pyridine rings is 2. The van der Waals surface area contributed by atoms with Crippen LogP contribution in [-0.4, -0.2) is 29.5 Å². The van der Waals surface area contributed by atoms with E-state index in [1.165, 1.54) is 7.11 Å². The Bertz CT molecular complexity index is 704. The SMILES string of the molecule is COc1ncccc1C(=O)Nc1cccc(C#CCN)n1. The summed E-state index contributed by atoms with van der Waals surface area (Å²) in [4.78, 5) is 20.4. The Kier molecular flexibility index (Phi) is 4.85. The summed E-state index contributed by atoms with van der Waals surface area (Å²) in [5, 5.41) is 2.68. The molecule has 0 unspecified atom stereocenters. The molecule has 21 heavy (non-hydrogen) atoms. The summed E-state index contributed by atoms with van der Waals surface area (Å²) in [6.07, 6.45) is 1.55. The molecule has 3 N–H and O–H groups in total. The van der Waals surface area contributed by atoms with Crippen LogP contribution < -0.4 is 15.8 Å². The lowest BCUT2D eigenvalue weighted by Gasteiger charge is -2.07. The van der Waals surface area contributed by atoms with E-state index in [9.17, 15) is 4.79 Å². The van der Waals surface area contributed by atoms with Crippen LogP contribution in [0.5, 0.6) is 5.88 Å². The highest BCUT2D eigenvalue weighted by molar-refractivity contribution is 6.05. The van der Waals surface area contributed by atoms with E-state index in [-0.39, 0.29) is 18.3 Å². The smallest absolute Gasteiger partial charge is 0.262 e. The highest BCUT2D eigenvalue weighted by Gasteiger charge is 2.13. The van der Waals surface area contributed by atoms with Crippen LogP contribution in [0.4, 0.5) is 5.82 Å². The van der Waals surface area contributed by atoms with Gasteiger partial charge in [0.2, 0.25) is 5.88 Å². The van der Waals surface area contributed by atoms with Gasteiger partial charge in [-0.3, -0.25) is 4.79 Å². The standard InChI is InChI=1S/C15H14N4O2/c1-21-15-12(7-4-10-17-15)14(20)19-13-8-2-5-11(18-13)6-3-9-16/h2,4-5,7-8,10H,9,16H2,1H3,(H,18,19,20). The maximum absolute atomic E-state index is 12.2. The lowest BCUT2D eigenvalue weighted by molar-refractivity contribution is 0.102. The molecule has 2 aromatic heterocycles. The number of hydrogen-bond acceptors (Lipinski definition) is 5. The van der Waals surface area contributed by atoms with Gasteiger partial charge in [0.05, 0.1) is 13.7 Å². The topological polar surface area (TPSA) is 90.1 Å². The van der Waals surface area contributed by atoms with E-state index in [0.29, 0.717) is 17.1 Å². The van der Waals surface area contributed by atoms with Crippen molar-refractivity contribution in [1.82, 2.24) is 9.97 Å². The predicted octanol–water partition coefficient (Wildman–Crippen LogP) is 1.05. The number of carbonyl (C=O) groups excluding carboxylic acids is 1. The monoisotopic (exact) mass is 282 g/mol. The first kappa shape index (κ1) is 14.5. The van der Waals surface area contributed by atoms with Crippen LogP contribution in [0.3, 0.4) is 0 Å². The average molecular weight is 282 g/mol. The summed E-state index contributed by atoms with van der Waals surface area (Å²) in [7, 11) is 1.46. The number of rotatable bonds is 3. The molecule has 0 fully saturated rings. The van der Waals surface area contributed by atoms with Gasteiger partial charge in [0.15, 0.2) is 0 Å². The van der Waals surface area contributed by atoms with Gasteiger partial charge in [-0.1, -0.05) is 12.0 Å². The molecule has 2 heterocycles. The number of nitrogens with zero attached hydrogens (tertiary/aromatic N) is 2. The summed E-state index contributed by atoms with van der Waals surface area (Å²) in [6, 6.07) is 8.45. The van der Waals surface area contributed by atoms with Crippen molar-refractivity contribution < 1.29 is 9.53 Å². The summed E-state index contributed by atoms with van der Waals surface area (Å²) in [6.45, 7) is 0.255. The number of ether oxygens (including phenoxy) is 1. The Morgan fingerprint density at radius 3 is 3.00 bits per heavy atom. The van der Waals surface area contributed by atoms with Crippen molar-refractivity contribution >= 4 is 11.7 Å². The van der Waals surface area contributed by atoms with Gasteiger partial charge < -0.3 is 15.8 Å². The third-order valence-electron chi connectivity index (χ3n) is 2.52. The fourth-order valence-electron chi connectivity index (χ4n) is 1.63. The molecule has 2 aromatic rings. The van der Waals surface area contributed by atoms with Gasteiger partial charge in [0, 0.05) is 6.20 Å². The lowest BCUT2D eigenvalue weighted by Crippen LogP contribution is -2.14. The van der Waals surface area contributed by atoms with Crippen molar-refractivity contribution in [2.75, 3.05) is 19.0 Å². The molecular formula is C15H14N4O2. The largest absolute Gasteiger partial charge is 0.480 e. The van der Waals surface area contributed by atoms with Crippen LogP contribution in [0.25, 0.3) is 0 Å². The number of nitrogens with one attached hydrogen (secondary N) is 1. The van der Waals surface area contributed by atoms with E-state index in [1.54, 1.807) is 36.5 Å². The first-order valence-corrected chi connectivity index (χ1v) is 6.21. The maximum Gasteiger partial charge on any atom is 0.262 e. The van der Waals surface area contributed by atoms with Crippen molar-refractivity contribution in [2.24, 2.45) is 5.73 Å². The Labute approximate surface area is 122 Å². The number of hydrogen-bond donors (Lipinski definition) is 2. The lowest BCUT2D eigenvalue weighted by atomic mass is 10.2. The molecular weight excluding hydrogens is 268 g/mol. The molecule has 6 heteroatoms. The number of amides is 1. The van der Waals surface area contributed by atoms with Crippen molar-refractivity contribution in [3.8, 4) is 17.7 Å². The van der Waals surface area contributed by atoms with Crippen molar-refractivity contribution in [3.05, 3.63) is 47.8 Å². The van der Waals surface area contributed by atoms with Gasteiger partial charge in [-0.2, -0.15) is 0 Å². The average Bonchev–Trinajstić information content (AvgIpc) is 2.53. The number of nitrogens with two attached hydrogens (primary N) is 1. The number of aromatic nitrogens is 2. The molecule has 0 aromatic carbocycles. The molecule has 0 atom stereocenters. The zero-order chi connectivity index (χ0) is 15.1. The zero-order valence-corrected chi connectivity index (χ0v) is 11.5. The Morgan fingerprint density at radius 1 is 1.38 bits per heavy atom. The maximum atomic E-state index is 12.2. The van der Waals surface area contributed by atoms with Crippen LogP contribution >= 0.6 is 0 Å². The predicted molar refractivity (Wildman–Crippen MR) is 78.9 cm³/mol. The molecule has 0 aliphatic heterocycles. The summed E-state index contributed by atoms with van der Waals surface area (Å²) < 4.78 is 5.05. The fourth-order valence-corrected chi connectivity index (χ4v) is 1.63. The minimum atomic E-state index is -0.351. The van der Waals surface area contributed by atoms with Crippen molar-refractivity contribution in [3.63, 3.8) is 0 Å². The van der Waals surface area contributed by atoms with Gasteiger partial charge in [0.1, 0.15) is 17.1 Å². The van der Waals surface area contributed by atoms with Crippen molar-refractivity contribution in [1.29, 1.82) is 0 Å². The minimum Gasteiger partial charge on any atom is -0.480 e. The van der Waals surface area contributed by atoms with Crippen molar-refractivity contribution in [2.45, 2.75) is 0 Å². The molecule has 0 radical (unpaired) electrons. The Hall–Kier alpha value is -2.91. The van der Waals surface area contributed by atoms with Gasteiger partial charge >= 0.3 is 0 Å². The first-order chi connectivity index (χ1) is 10.2. The van der Waals surface area contributed by atoms with E-state index in [0.717, 1.165) is 0 Å². The summed E-state index contributed by atoms with van der Waals surface area (Å²) in [5.41, 5.74) is 6.18. The molecule has 0 bridgehead atoms. The van der Waals surface area contributed by atoms with E-state index >= 15 is 0 Å². The van der Waals surface area contributed by atoms with E-state index in [2.05, 4.69) is 27.1 Å². The quantitative estimate of drug-likeness (QED) is 0.821. The molecule has 0 saturated carbocycles. The molecule has 0 spiro atoms. The Balaban J connectivity index is 2.20. The summed E-state index contributed by atoms with van der Waals surface area (Å²) >= 11 is 0. The molecule has 0 aliphatic carbocycles. The molecule has 106 valence electrons. The van der Waals surface area contributed by atoms with Crippen LogP contribution in [0.15, 0.2) is 36.5 Å². The molecule has 0 aliphatic rings. The number of anilines is 1. The first-order valence-electron chi connectivity index (χ1n) is 6.21. The highest BCUT2D eigenvalue weighted by Crippen LogP contribution is 2.15.